The maximum atomic E-state index is 5.49. The van der Waals surface area contributed by atoms with E-state index in [1.54, 1.807) is 0 Å². The van der Waals surface area contributed by atoms with Crippen LogP contribution in [0.2, 0.25) is 0 Å². The molecule has 0 bridgehead atoms. The minimum Gasteiger partial charge on any atom is -0.368 e. The number of nitrogens with two attached hydrogens (primary N) is 2. The van der Waals surface area contributed by atoms with Crippen LogP contribution in [0.15, 0.2) is 28.7 Å². The molecule has 0 unspecified atom stereocenters. The molecule has 0 aliphatic heterocycles. The first-order valence-electron chi connectivity index (χ1n) is 4.19. The summed E-state index contributed by atoms with van der Waals surface area (Å²) in [6.45, 7) is 0. The molecule has 4 N–H and O–H groups in total. The van der Waals surface area contributed by atoms with Crippen LogP contribution < -0.4 is 11.5 Å². The number of anilines is 2. The number of halogens is 1. The lowest BCUT2D eigenvalue weighted by Crippen LogP contribution is -2.04. The molecule has 0 fully saturated rings. The largest absolute Gasteiger partial charge is 0.368 e. The van der Waals surface area contributed by atoms with E-state index < -0.39 is 0 Å². The van der Waals surface area contributed by atoms with E-state index in [4.69, 9.17) is 11.5 Å². The van der Waals surface area contributed by atoms with Gasteiger partial charge in [0.15, 0.2) is 5.82 Å². The molecule has 76 valence electrons. The molecule has 0 aliphatic carbocycles. The number of hydrogen-bond acceptors (Lipinski definition) is 5. The summed E-state index contributed by atoms with van der Waals surface area (Å²) in [5.41, 5.74) is 11.8. The second-order valence-corrected chi connectivity index (χ2v) is 3.71. The summed E-state index contributed by atoms with van der Waals surface area (Å²) in [5, 5.41) is 0. The van der Waals surface area contributed by atoms with Crippen molar-refractivity contribution in [3.8, 4) is 11.4 Å². The molecule has 1 heterocycles. The van der Waals surface area contributed by atoms with Gasteiger partial charge in [-0.1, -0.05) is 34.1 Å². The van der Waals surface area contributed by atoms with Gasteiger partial charge in [-0.3, -0.25) is 0 Å². The Hall–Kier alpha value is -1.69. The topological polar surface area (TPSA) is 90.7 Å². The first-order valence-corrected chi connectivity index (χ1v) is 4.98. The normalized spacial score (nSPS) is 10.2. The molecule has 0 amide bonds. The van der Waals surface area contributed by atoms with Gasteiger partial charge in [0.1, 0.15) is 0 Å². The summed E-state index contributed by atoms with van der Waals surface area (Å²) >= 11 is 3.40. The van der Waals surface area contributed by atoms with Gasteiger partial charge in [0, 0.05) is 10.0 Å². The van der Waals surface area contributed by atoms with E-state index in [1.165, 1.54) is 0 Å². The predicted molar refractivity (Wildman–Crippen MR) is 61.8 cm³/mol. The Labute approximate surface area is 94.7 Å². The van der Waals surface area contributed by atoms with Crippen LogP contribution in [0.25, 0.3) is 11.4 Å². The van der Waals surface area contributed by atoms with Crippen LogP contribution in [-0.4, -0.2) is 15.0 Å². The fourth-order valence-corrected chi connectivity index (χ4v) is 1.63. The first kappa shape index (κ1) is 9.85. The third kappa shape index (κ3) is 2.04. The average molecular weight is 266 g/mol. The molecule has 2 rings (SSSR count). The van der Waals surface area contributed by atoms with E-state index >= 15 is 0 Å². The van der Waals surface area contributed by atoms with Crippen molar-refractivity contribution in [3.05, 3.63) is 28.7 Å². The molecule has 6 heteroatoms. The number of hydrogen-bond donors (Lipinski definition) is 2. The lowest BCUT2D eigenvalue weighted by Gasteiger charge is -2.03. The van der Waals surface area contributed by atoms with E-state index in [0.717, 1.165) is 10.0 Å². The van der Waals surface area contributed by atoms with Crippen molar-refractivity contribution in [1.82, 2.24) is 15.0 Å². The Morgan fingerprint density at radius 3 is 2.13 bits per heavy atom. The third-order valence-corrected chi connectivity index (χ3v) is 2.48. The van der Waals surface area contributed by atoms with Crippen molar-refractivity contribution in [2.24, 2.45) is 0 Å². The van der Waals surface area contributed by atoms with Gasteiger partial charge < -0.3 is 11.5 Å². The number of aromatic nitrogens is 3. The summed E-state index contributed by atoms with van der Waals surface area (Å²) < 4.78 is 0.884. The molecule has 1 aromatic heterocycles. The zero-order valence-electron chi connectivity index (χ0n) is 7.68. The lowest BCUT2D eigenvalue weighted by molar-refractivity contribution is 1.08. The molecule has 0 radical (unpaired) electrons. The van der Waals surface area contributed by atoms with Crippen LogP contribution in [-0.2, 0) is 0 Å². The van der Waals surface area contributed by atoms with Crippen LogP contribution in [0.4, 0.5) is 11.9 Å². The summed E-state index contributed by atoms with van der Waals surface area (Å²) in [5.74, 6) is 0.703. The van der Waals surface area contributed by atoms with Crippen LogP contribution in [0.3, 0.4) is 0 Å². The molecule has 2 aromatic rings. The van der Waals surface area contributed by atoms with Gasteiger partial charge in [0.05, 0.1) is 0 Å². The Bertz CT molecular complexity index is 479. The average Bonchev–Trinajstić information content (AvgIpc) is 2.16. The summed E-state index contributed by atoms with van der Waals surface area (Å²) in [4.78, 5) is 11.7. The first-order chi connectivity index (χ1) is 7.16. The molecule has 0 aliphatic rings. The molecular formula is C9H8BrN5. The number of nitrogens with zero attached hydrogens (tertiary/aromatic N) is 3. The zero-order chi connectivity index (χ0) is 10.8. The smallest absolute Gasteiger partial charge is 0.225 e. The van der Waals surface area contributed by atoms with Crippen molar-refractivity contribution in [3.63, 3.8) is 0 Å². The highest BCUT2D eigenvalue weighted by molar-refractivity contribution is 9.10. The molecule has 0 saturated carbocycles. The van der Waals surface area contributed by atoms with Crippen LogP contribution in [0, 0.1) is 0 Å². The van der Waals surface area contributed by atoms with Crippen molar-refractivity contribution < 1.29 is 0 Å². The van der Waals surface area contributed by atoms with Gasteiger partial charge in [-0.25, -0.2) is 0 Å². The number of nitrogen functional groups attached to an aromatic ring is 2. The van der Waals surface area contributed by atoms with Crippen molar-refractivity contribution in [1.29, 1.82) is 0 Å². The maximum absolute atomic E-state index is 5.49. The Kier molecular flexibility index (Phi) is 2.51. The molecule has 0 spiro atoms. The molecule has 5 nitrogen and oxygen atoms in total. The molecule has 1 aromatic carbocycles. The minimum absolute atomic E-state index is 0.119. The number of benzene rings is 1. The van der Waals surface area contributed by atoms with E-state index in [1.807, 2.05) is 24.3 Å². The van der Waals surface area contributed by atoms with Gasteiger partial charge >= 0.3 is 0 Å². The fraction of sp³-hybridized carbons (Fsp3) is 0. The Morgan fingerprint density at radius 1 is 0.933 bits per heavy atom. The SMILES string of the molecule is Nc1nc(N)nc(-c2ccccc2Br)n1. The van der Waals surface area contributed by atoms with Gasteiger partial charge in [-0.05, 0) is 6.07 Å². The minimum atomic E-state index is 0.119. The fourth-order valence-electron chi connectivity index (χ4n) is 1.17. The van der Waals surface area contributed by atoms with Crippen molar-refractivity contribution in [2.45, 2.75) is 0 Å². The summed E-state index contributed by atoms with van der Waals surface area (Å²) in [7, 11) is 0. The van der Waals surface area contributed by atoms with E-state index in [0.29, 0.717) is 5.82 Å². The second-order valence-electron chi connectivity index (χ2n) is 2.86. The molecule has 15 heavy (non-hydrogen) atoms. The van der Waals surface area contributed by atoms with E-state index in [-0.39, 0.29) is 11.9 Å². The van der Waals surface area contributed by atoms with Crippen LogP contribution in [0.1, 0.15) is 0 Å². The van der Waals surface area contributed by atoms with Crippen LogP contribution >= 0.6 is 15.9 Å². The van der Waals surface area contributed by atoms with Gasteiger partial charge in [-0.15, -0.1) is 0 Å². The zero-order valence-corrected chi connectivity index (χ0v) is 9.27. The quantitative estimate of drug-likeness (QED) is 0.815. The standard InChI is InChI=1S/C9H8BrN5/c10-6-4-2-1-3-5(6)7-13-8(11)15-9(12)14-7/h1-4H,(H4,11,12,13,14,15). The van der Waals surface area contributed by atoms with E-state index in [2.05, 4.69) is 30.9 Å². The van der Waals surface area contributed by atoms with Gasteiger partial charge in [0.25, 0.3) is 0 Å². The van der Waals surface area contributed by atoms with Crippen molar-refractivity contribution >= 4 is 27.8 Å². The molecular weight excluding hydrogens is 258 g/mol. The van der Waals surface area contributed by atoms with E-state index in [9.17, 15) is 0 Å². The highest BCUT2D eigenvalue weighted by atomic mass is 79.9. The van der Waals surface area contributed by atoms with Crippen molar-refractivity contribution in [2.75, 3.05) is 11.5 Å². The Balaban J connectivity index is 2.59. The summed E-state index contributed by atoms with van der Waals surface area (Å²) in [6, 6.07) is 7.56. The highest BCUT2D eigenvalue weighted by Crippen LogP contribution is 2.25. The molecule has 0 atom stereocenters. The molecule has 0 saturated heterocycles. The lowest BCUT2D eigenvalue weighted by atomic mass is 10.2. The number of rotatable bonds is 1. The highest BCUT2D eigenvalue weighted by Gasteiger charge is 2.07. The maximum Gasteiger partial charge on any atom is 0.225 e. The third-order valence-electron chi connectivity index (χ3n) is 1.78. The second kappa shape index (κ2) is 3.82. The predicted octanol–water partition coefficient (Wildman–Crippen LogP) is 1.47. The monoisotopic (exact) mass is 265 g/mol. The Morgan fingerprint density at radius 2 is 1.53 bits per heavy atom. The van der Waals surface area contributed by atoms with Crippen LogP contribution in [0.5, 0.6) is 0 Å². The summed E-state index contributed by atoms with van der Waals surface area (Å²) in [6.07, 6.45) is 0. The van der Waals surface area contributed by atoms with Gasteiger partial charge in [0.2, 0.25) is 11.9 Å². The van der Waals surface area contributed by atoms with Gasteiger partial charge in [-0.2, -0.15) is 15.0 Å².